The molecule has 0 aliphatic rings. The van der Waals surface area contributed by atoms with Crippen LogP contribution in [0.25, 0.3) is 0 Å². The first-order valence-corrected chi connectivity index (χ1v) is 5.30. The van der Waals surface area contributed by atoms with Gasteiger partial charge in [0.25, 0.3) is 0 Å². The Balaban J connectivity index is -0.0000000208. The van der Waals surface area contributed by atoms with Gasteiger partial charge in [0.2, 0.25) is 0 Å². The van der Waals surface area contributed by atoms with Gasteiger partial charge in [-0.25, -0.2) is 0 Å². The van der Waals surface area contributed by atoms with Crippen molar-refractivity contribution in [3.63, 3.8) is 0 Å². The van der Waals surface area contributed by atoms with E-state index in [-0.39, 0.29) is 74.1 Å². The zero-order chi connectivity index (χ0) is 8.41. The Bertz CT molecular complexity index is 85.2. The molecule has 88 valence electrons. The maximum absolute atomic E-state index is 5.40. The Labute approximate surface area is 142 Å². The summed E-state index contributed by atoms with van der Waals surface area (Å²) in [6.07, 6.45) is 7.66. The molecule has 0 rings (SSSR count). The van der Waals surface area contributed by atoms with E-state index in [1.807, 2.05) is 19.4 Å². The van der Waals surface area contributed by atoms with Crippen molar-refractivity contribution < 1.29 is 51.0 Å². The van der Waals surface area contributed by atoms with Crippen molar-refractivity contribution in [2.45, 2.75) is 33.1 Å². The third-order valence-electron chi connectivity index (χ3n) is 0.925. The molecule has 5 heteroatoms. The summed E-state index contributed by atoms with van der Waals surface area (Å²) in [5.41, 5.74) is 1.06. The molecule has 0 fully saturated rings. The van der Waals surface area contributed by atoms with Crippen LogP contribution < -0.4 is 34.0 Å². The summed E-state index contributed by atoms with van der Waals surface area (Å²) in [6.45, 7) is 9.53. The monoisotopic (exact) mass is 404 g/mol. The quantitative estimate of drug-likeness (QED) is 0.359. The maximum atomic E-state index is 5.40. The van der Waals surface area contributed by atoms with Crippen LogP contribution >= 0.6 is 11.8 Å². The first-order chi connectivity index (χ1) is 4.68. The summed E-state index contributed by atoms with van der Waals surface area (Å²) in [5.74, 6) is 0. The molecule has 0 heterocycles. The maximum Gasteiger partial charge on any atom is 2.00 e. The van der Waals surface area contributed by atoms with Crippen LogP contribution in [-0.4, -0.2) is 35.6 Å². The van der Waals surface area contributed by atoms with E-state index in [1.54, 1.807) is 11.8 Å². The van der Waals surface area contributed by atoms with Crippen molar-refractivity contribution >= 4 is 34.8 Å². The molecular weight excluding hydrogens is 388 g/mol. The van der Waals surface area contributed by atoms with Crippen LogP contribution in [0.15, 0.2) is 5.57 Å². The second-order valence-electron chi connectivity index (χ2n) is 2.36. The summed E-state index contributed by atoms with van der Waals surface area (Å²) in [5, 5.41) is 0. The molecule has 0 aromatic carbocycles. The van der Waals surface area contributed by atoms with E-state index < -0.39 is 0 Å². The molecule has 0 N–H and O–H groups in total. The molecule has 14 heavy (non-hydrogen) atoms. The number of halogens is 2. The fourth-order valence-corrected chi connectivity index (χ4v) is 0.456. The Morgan fingerprint density at radius 3 is 1.57 bits per heavy atom. The van der Waals surface area contributed by atoms with E-state index in [0.29, 0.717) is 0 Å². The van der Waals surface area contributed by atoms with Gasteiger partial charge in [-0.1, -0.05) is 33.1 Å². The number of hydrogen-bond donors (Lipinski definition) is 0. The number of hydrogen-bond acceptors (Lipinski definition) is 1. The normalized spacial score (nSPS) is 5.71. The van der Waals surface area contributed by atoms with E-state index in [4.69, 9.17) is 6.58 Å². The average molecular weight is 407 g/mol. The van der Waals surface area contributed by atoms with Gasteiger partial charge >= 0.3 is 40.1 Å². The molecule has 0 aromatic rings. The number of thioether (sulfide) groups is 1. The predicted molar refractivity (Wildman–Crippen MR) is 58.2 cm³/mol. The van der Waals surface area contributed by atoms with Crippen LogP contribution in [0.3, 0.4) is 0 Å². The molecule has 0 aliphatic carbocycles. The van der Waals surface area contributed by atoms with Crippen LogP contribution in [0.4, 0.5) is 0 Å². The minimum atomic E-state index is 0. The molecule has 0 aliphatic heterocycles. The second kappa shape index (κ2) is 36.2. The van der Waals surface area contributed by atoms with Crippen molar-refractivity contribution in [2.75, 3.05) is 12.5 Å². The summed E-state index contributed by atoms with van der Waals surface area (Å²) < 4.78 is 0. The standard InChI is InChI=1S/C7H13.C2H6S.2BrH.Cu.Mg/c1-4-5-6-7(2)3;1-3-2;;;;/h2H,4-6H2,1,3H3;1-2H3;2*1H;;/q-1;;;;+1;+2/p-2. The van der Waals surface area contributed by atoms with Gasteiger partial charge < -0.3 is 40.5 Å². The molecule has 0 aromatic heterocycles. The second-order valence-corrected chi connectivity index (χ2v) is 3.17. The zero-order valence-corrected chi connectivity index (χ0v) is 15.7. The van der Waals surface area contributed by atoms with Crippen molar-refractivity contribution in [1.29, 1.82) is 0 Å². The van der Waals surface area contributed by atoms with Gasteiger partial charge in [0.05, 0.1) is 0 Å². The van der Waals surface area contributed by atoms with Crippen molar-refractivity contribution in [3.8, 4) is 0 Å². The fourth-order valence-electron chi connectivity index (χ4n) is 0.456. The molecule has 0 atom stereocenters. The zero-order valence-electron chi connectivity index (χ0n) is 9.37. The van der Waals surface area contributed by atoms with Crippen molar-refractivity contribution in [3.05, 3.63) is 12.2 Å². The van der Waals surface area contributed by atoms with E-state index in [0.717, 1.165) is 12.0 Å². The average Bonchev–Trinajstić information content (AvgIpc) is 1.85. The Hall–Kier alpha value is 2.34. The van der Waals surface area contributed by atoms with Gasteiger partial charge in [-0.05, 0) is 12.5 Å². The molecule has 0 saturated heterocycles. The van der Waals surface area contributed by atoms with Gasteiger partial charge in [-0.2, -0.15) is 11.8 Å². The molecule has 0 amide bonds. The fraction of sp³-hybridized carbons (Fsp3) is 0.778. The first-order valence-electron chi connectivity index (χ1n) is 3.67. The van der Waals surface area contributed by atoms with E-state index in [2.05, 4.69) is 6.92 Å². The van der Waals surface area contributed by atoms with Gasteiger partial charge in [0.1, 0.15) is 0 Å². The Morgan fingerprint density at radius 1 is 1.21 bits per heavy atom. The topological polar surface area (TPSA) is 0 Å². The Kier molecular flexibility index (Phi) is 92.9. The summed E-state index contributed by atoms with van der Waals surface area (Å²) in [7, 11) is 0. The van der Waals surface area contributed by atoms with Crippen LogP contribution in [0, 0.1) is 6.58 Å². The summed E-state index contributed by atoms with van der Waals surface area (Å²) in [6, 6.07) is 0. The van der Waals surface area contributed by atoms with Crippen molar-refractivity contribution in [1.82, 2.24) is 0 Å². The molecule has 0 nitrogen and oxygen atoms in total. The van der Waals surface area contributed by atoms with Crippen LogP contribution in [-0.2, 0) is 17.1 Å². The summed E-state index contributed by atoms with van der Waals surface area (Å²) >= 11 is 1.75. The third-order valence-corrected chi connectivity index (χ3v) is 0.925. The van der Waals surface area contributed by atoms with Gasteiger partial charge in [-0.15, -0.1) is 0 Å². The number of allylic oxidation sites excluding steroid dienone is 1. The Morgan fingerprint density at radius 2 is 1.50 bits per heavy atom. The predicted octanol–water partition coefficient (Wildman–Crippen LogP) is -2.84. The van der Waals surface area contributed by atoms with Gasteiger partial charge in [-0.3, -0.25) is 5.57 Å². The third kappa shape index (κ3) is 63.5. The van der Waals surface area contributed by atoms with Gasteiger partial charge in [0.15, 0.2) is 0 Å². The van der Waals surface area contributed by atoms with E-state index >= 15 is 0 Å². The van der Waals surface area contributed by atoms with Crippen LogP contribution in [0.2, 0.25) is 0 Å². The molecule has 0 bridgehead atoms. The van der Waals surface area contributed by atoms with E-state index in [9.17, 15) is 0 Å². The van der Waals surface area contributed by atoms with Crippen molar-refractivity contribution in [2.24, 2.45) is 0 Å². The largest absolute Gasteiger partial charge is 2.00 e. The molecule has 0 saturated carbocycles. The van der Waals surface area contributed by atoms with Crippen LogP contribution in [0.1, 0.15) is 33.1 Å². The van der Waals surface area contributed by atoms with E-state index in [1.165, 1.54) is 12.8 Å². The molecule has 0 spiro atoms. The summed E-state index contributed by atoms with van der Waals surface area (Å²) in [4.78, 5) is 0. The minimum Gasteiger partial charge on any atom is -1.00 e. The molecule has 0 unspecified atom stereocenters. The smallest absolute Gasteiger partial charge is 1.00 e. The number of unbranched alkanes of at least 4 members (excludes halogenated alkanes) is 1. The SMILES string of the molecule is CSC.[Br-].[Br-].[CH-]=C(C)CCCC.[Cu+].[Mg+2]. The first kappa shape index (κ1) is 36.0. The molecular formula is C9H19Br2CuMgS. The van der Waals surface area contributed by atoms with Crippen LogP contribution in [0.5, 0.6) is 0 Å². The molecule has 0 radical (unpaired) electrons. The minimum absolute atomic E-state index is 0. The number of rotatable bonds is 3. The van der Waals surface area contributed by atoms with Gasteiger partial charge in [0, 0.05) is 0 Å².